The molecule has 5 nitrogen and oxygen atoms in total. The molecule has 2 aromatic heterocycles. The van der Waals surface area contributed by atoms with Crippen molar-refractivity contribution in [2.45, 2.75) is 19.8 Å². The summed E-state index contributed by atoms with van der Waals surface area (Å²) in [5.41, 5.74) is 1.24. The fourth-order valence-electron chi connectivity index (χ4n) is 1.41. The summed E-state index contributed by atoms with van der Waals surface area (Å²) in [6, 6.07) is 3.25. The van der Waals surface area contributed by atoms with Gasteiger partial charge in [-0.2, -0.15) is 5.10 Å². The standard InChI is InChI=1S/C11H12Cl2N4O/c1-5(2)7-4-9(17-16-7)15-11(18)8-3-6(12)10(13)14-8/h3-5,14H,1-2H3,(H2,15,16,17,18). The zero-order valence-electron chi connectivity index (χ0n) is 9.84. The number of carbonyl (C=O) groups is 1. The maximum atomic E-state index is 11.8. The molecular formula is C11H12Cl2N4O. The molecule has 0 aromatic carbocycles. The number of rotatable bonds is 3. The molecule has 0 radical (unpaired) electrons. The zero-order valence-corrected chi connectivity index (χ0v) is 11.4. The normalized spacial score (nSPS) is 10.9. The van der Waals surface area contributed by atoms with Crippen LogP contribution in [0.2, 0.25) is 10.2 Å². The van der Waals surface area contributed by atoms with Gasteiger partial charge in [0.15, 0.2) is 5.82 Å². The SMILES string of the molecule is CC(C)c1cc(NC(=O)c2cc(Cl)c(Cl)[nH]2)n[nH]1. The summed E-state index contributed by atoms with van der Waals surface area (Å²) in [6.07, 6.45) is 0. The lowest BCUT2D eigenvalue weighted by molar-refractivity contribution is 0.102. The Hall–Kier alpha value is -1.46. The van der Waals surface area contributed by atoms with Crippen molar-refractivity contribution in [2.24, 2.45) is 0 Å². The number of H-pyrrole nitrogens is 2. The maximum Gasteiger partial charge on any atom is 0.273 e. The molecule has 0 bridgehead atoms. The Morgan fingerprint density at radius 3 is 2.61 bits per heavy atom. The van der Waals surface area contributed by atoms with Crippen LogP contribution in [0, 0.1) is 0 Å². The highest BCUT2D eigenvalue weighted by atomic mass is 35.5. The molecule has 7 heteroatoms. The number of aromatic nitrogens is 3. The molecule has 0 fully saturated rings. The van der Waals surface area contributed by atoms with Crippen LogP contribution in [0.3, 0.4) is 0 Å². The van der Waals surface area contributed by atoms with Gasteiger partial charge in [0.1, 0.15) is 10.8 Å². The molecule has 96 valence electrons. The molecule has 0 unspecified atom stereocenters. The van der Waals surface area contributed by atoms with Crippen LogP contribution in [0.5, 0.6) is 0 Å². The molecule has 2 aromatic rings. The lowest BCUT2D eigenvalue weighted by Gasteiger charge is -1.98. The molecule has 0 saturated carbocycles. The summed E-state index contributed by atoms with van der Waals surface area (Å²) in [7, 11) is 0. The third-order valence-corrected chi connectivity index (χ3v) is 3.12. The van der Waals surface area contributed by atoms with Gasteiger partial charge in [0.2, 0.25) is 0 Å². The van der Waals surface area contributed by atoms with Gasteiger partial charge in [0, 0.05) is 11.8 Å². The van der Waals surface area contributed by atoms with Crippen molar-refractivity contribution >= 4 is 34.9 Å². The van der Waals surface area contributed by atoms with Gasteiger partial charge in [-0.15, -0.1) is 0 Å². The largest absolute Gasteiger partial charge is 0.340 e. The van der Waals surface area contributed by atoms with Crippen LogP contribution in [0.4, 0.5) is 5.82 Å². The van der Waals surface area contributed by atoms with Crippen LogP contribution in [0.15, 0.2) is 12.1 Å². The van der Waals surface area contributed by atoms with Crippen LogP contribution in [-0.2, 0) is 0 Å². The minimum atomic E-state index is -0.342. The first-order valence-corrected chi connectivity index (χ1v) is 6.13. The Balaban J connectivity index is 2.11. The molecule has 18 heavy (non-hydrogen) atoms. The number of amides is 1. The first-order chi connectivity index (χ1) is 8.47. The molecule has 0 atom stereocenters. The van der Waals surface area contributed by atoms with Crippen molar-refractivity contribution in [3.05, 3.63) is 33.7 Å². The highest BCUT2D eigenvalue weighted by Crippen LogP contribution is 2.22. The average Bonchev–Trinajstić information content (AvgIpc) is 2.87. The number of nitrogens with one attached hydrogen (secondary N) is 3. The fraction of sp³-hybridized carbons (Fsp3) is 0.273. The van der Waals surface area contributed by atoms with E-state index in [1.807, 2.05) is 13.8 Å². The minimum absolute atomic E-state index is 0.242. The summed E-state index contributed by atoms with van der Waals surface area (Å²) in [6.45, 7) is 4.06. The molecule has 1 amide bonds. The van der Waals surface area contributed by atoms with E-state index in [9.17, 15) is 4.79 Å². The number of aromatic amines is 2. The number of nitrogens with zero attached hydrogens (tertiary/aromatic N) is 1. The van der Waals surface area contributed by atoms with E-state index in [0.29, 0.717) is 22.5 Å². The number of hydrogen-bond acceptors (Lipinski definition) is 2. The molecular weight excluding hydrogens is 275 g/mol. The van der Waals surface area contributed by atoms with E-state index in [-0.39, 0.29) is 11.1 Å². The summed E-state index contributed by atoms with van der Waals surface area (Å²) in [4.78, 5) is 14.5. The first kappa shape index (κ1) is 13.0. The van der Waals surface area contributed by atoms with Gasteiger partial charge in [0.05, 0.1) is 5.02 Å². The molecule has 0 aliphatic heterocycles. The molecule has 2 heterocycles. The number of carbonyl (C=O) groups excluding carboxylic acids is 1. The van der Waals surface area contributed by atoms with Crippen LogP contribution in [0.25, 0.3) is 0 Å². The number of hydrogen-bond donors (Lipinski definition) is 3. The third-order valence-electron chi connectivity index (χ3n) is 2.43. The smallest absolute Gasteiger partial charge is 0.273 e. The number of anilines is 1. The topological polar surface area (TPSA) is 73.6 Å². The van der Waals surface area contributed by atoms with Crippen molar-refractivity contribution in [3.8, 4) is 0 Å². The molecule has 0 spiro atoms. The van der Waals surface area contributed by atoms with Crippen LogP contribution in [0.1, 0.15) is 35.9 Å². The lowest BCUT2D eigenvalue weighted by atomic mass is 10.1. The Morgan fingerprint density at radius 1 is 1.39 bits per heavy atom. The Labute approximate surface area is 114 Å². The van der Waals surface area contributed by atoms with Gasteiger partial charge in [0.25, 0.3) is 5.91 Å². The summed E-state index contributed by atoms with van der Waals surface area (Å²) in [5, 5.41) is 10.0. The van der Waals surface area contributed by atoms with E-state index < -0.39 is 0 Å². The van der Waals surface area contributed by atoms with E-state index in [2.05, 4.69) is 20.5 Å². The summed E-state index contributed by atoms with van der Waals surface area (Å²) in [5.74, 6) is 0.439. The van der Waals surface area contributed by atoms with Gasteiger partial charge in [-0.1, -0.05) is 37.0 Å². The molecule has 0 aliphatic carbocycles. The van der Waals surface area contributed by atoms with Gasteiger partial charge in [-0.3, -0.25) is 9.89 Å². The second-order valence-corrected chi connectivity index (χ2v) is 4.95. The monoisotopic (exact) mass is 286 g/mol. The lowest BCUT2D eigenvalue weighted by Crippen LogP contribution is -2.12. The van der Waals surface area contributed by atoms with Crippen molar-refractivity contribution < 1.29 is 4.79 Å². The molecule has 0 aliphatic rings. The zero-order chi connectivity index (χ0) is 13.3. The van der Waals surface area contributed by atoms with E-state index in [1.54, 1.807) is 6.07 Å². The predicted molar refractivity (Wildman–Crippen MR) is 71.4 cm³/mol. The van der Waals surface area contributed by atoms with Crippen LogP contribution in [-0.4, -0.2) is 21.1 Å². The maximum absolute atomic E-state index is 11.8. The van der Waals surface area contributed by atoms with E-state index in [0.717, 1.165) is 5.69 Å². The summed E-state index contributed by atoms with van der Waals surface area (Å²) >= 11 is 11.5. The highest BCUT2D eigenvalue weighted by Gasteiger charge is 2.13. The van der Waals surface area contributed by atoms with Gasteiger partial charge < -0.3 is 10.3 Å². The average molecular weight is 287 g/mol. The molecule has 3 N–H and O–H groups in total. The second kappa shape index (κ2) is 5.04. The van der Waals surface area contributed by atoms with Gasteiger partial charge in [-0.25, -0.2) is 0 Å². The van der Waals surface area contributed by atoms with E-state index >= 15 is 0 Å². The molecule has 0 saturated heterocycles. The fourth-order valence-corrected chi connectivity index (χ4v) is 1.72. The minimum Gasteiger partial charge on any atom is -0.340 e. The Morgan fingerprint density at radius 2 is 2.11 bits per heavy atom. The molecule has 2 rings (SSSR count). The predicted octanol–water partition coefficient (Wildman–Crippen LogP) is 3.42. The van der Waals surface area contributed by atoms with Crippen molar-refractivity contribution in [3.63, 3.8) is 0 Å². The van der Waals surface area contributed by atoms with Crippen molar-refractivity contribution in [1.82, 2.24) is 15.2 Å². The van der Waals surface area contributed by atoms with Crippen molar-refractivity contribution in [2.75, 3.05) is 5.32 Å². The van der Waals surface area contributed by atoms with E-state index in [1.165, 1.54) is 6.07 Å². The highest BCUT2D eigenvalue weighted by molar-refractivity contribution is 6.41. The van der Waals surface area contributed by atoms with E-state index in [4.69, 9.17) is 23.2 Å². The third kappa shape index (κ3) is 2.68. The van der Waals surface area contributed by atoms with Gasteiger partial charge >= 0.3 is 0 Å². The Kier molecular flexibility index (Phi) is 3.63. The van der Waals surface area contributed by atoms with Crippen LogP contribution < -0.4 is 5.32 Å². The quantitative estimate of drug-likeness (QED) is 0.809. The Bertz CT molecular complexity index is 554. The first-order valence-electron chi connectivity index (χ1n) is 5.38. The summed E-state index contributed by atoms with van der Waals surface area (Å²) < 4.78 is 0. The van der Waals surface area contributed by atoms with Gasteiger partial charge in [-0.05, 0) is 12.0 Å². The van der Waals surface area contributed by atoms with Crippen LogP contribution >= 0.6 is 23.2 Å². The second-order valence-electron chi connectivity index (χ2n) is 4.16. The number of halogens is 2. The van der Waals surface area contributed by atoms with Crippen molar-refractivity contribution in [1.29, 1.82) is 0 Å².